The van der Waals surface area contributed by atoms with Crippen LogP contribution < -0.4 is 10.6 Å². The summed E-state index contributed by atoms with van der Waals surface area (Å²) in [4.78, 5) is 6.41. The van der Waals surface area contributed by atoms with Crippen LogP contribution in [0.1, 0.15) is 19.4 Å². The number of nitrogens with zero attached hydrogens (tertiary/aromatic N) is 2. The molecular formula is C12H20N4O. The molecule has 1 heterocycles. The first-order valence-electron chi connectivity index (χ1n) is 5.63. The average molecular weight is 236 g/mol. The molecule has 0 unspecified atom stereocenters. The number of anilines is 1. The van der Waals surface area contributed by atoms with Crippen LogP contribution in [0.3, 0.4) is 0 Å². The van der Waals surface area contributed by atoms with Crippen molar-refractivity contribution in [3.63, 3.8) is 0 Å². The van der Waals surface area contributed by atoms with Gasteiger partial charge in [0.1, 0.15) is 11.7 Å². The Bertz CT molecular complexity index is 379. The van der Waals surface area contributed by atoms with Gasteiger partial charge < -0.3 is 15.4 Å². The minimum absolute atomic E-state index is 0.0381. The summed E-state index contributed by atoms with van der Waals surface area (Å²) in [5.41, 5.74) is 6.23. The molecule has 0 aromatic carbocycles. The first-order valence-corrected chi connectivity index (χ1v) is 5.63. The number of hydrogen-bond donors (Lipinski definition) is 2. The molecule has 3 N–H and O–H groups in total. The van der Waals surface area contributed by atoms with E-state index in [0.29, 0.717) is 12.2 Å². The van der Waals surface area contributed by atoms with Crippen LogP contribution in [0, 0.1) is 5.41 Å². The molecule has 5 heteroatoms. The summed E-state index contributed by atoms with van der Waals surface area (Å²) < 4.78 is 5.09. The molecule has 0 aliphatic carbocycles. The molecule has 1 aromatic rings. The minimum Gasteiger partial charge on any atom is -0.384 e. The van der Waals surface area contributed by atoms with E-state index in [0.717, 1.165) is 12.4 Å². The monoisotopic (exact) mass is 236 g/mol. The second-order valence-electron chi connectivity index (χ2n) is 4.07. The molecule has 0 saturated carbocycles. The van der Waals surface area contributed by atoms with E-state index in [4.69, 9.17) is 15.9 Å². The van der Waals surface area contributed by atoms with Crippen LogP contribution in [0.25, 0.3) is 0 Å². The Labute approximate surface area is 102 Å². The number of nitrogens with one attached hydrogen (secondary N) is 1. The van der Waals surface area contributed by atoms with Crippen molar-refractivity contribution in [1.29, 1.82) is 5.41 Å². The number of ether oxygens (including phenoxy) is 1. The zero-order valence-electron chi connectivity index (χ0n) is 10.6. The van der Waals surface area contributed by atoms with Crippen LogP contribution in [0.4, 0.5) is 5.82 Å². The van der Waals surface area contributed by atoms with Gasteiger partial charge in [0.05, 0.1) is 12.2 Å². The van der Waals surface area contributed by atoms with Crippen molar-refractivity contribution >= 4 is 11.7 Å². The Balaban J connectivity index is 3.04. The van der Waals surface area contributed by atoms with Crippen molar-refractivity contribution in [2.45, 2.75) is 19.9 Å². The predicted molar refractivity (Wildman–Crippen MR) is 69.6 cm³/mol. The lowest BCUT2D eigenvalue weighted by atomic mass is 10.2. The zero-order valence-corrected chi connectivity index (χ0v) is 10.6. The number of amidine groups is 1. The van der Waals surface area contributed by atoms with E-state index >= 15 is 0 Å². The number of nitrogen functional groups attached to an aromatic ring is 1. The lowest BCUT2D eigenvalue weighted by Crippen LogP contribution is -2.36. The number of rotatable bonds is 6. The Hall–Kier alpha value is -1.62. The van der Waals surface area contributed by atoms with Crippen LogP contribution in [-0.2, 0) is 4.74 Å². The lowest BCUT2D eigenvalue weighted by molar-refractivity contribution is 0.203. The van der Waals surface area contributed by atoms with Crippen LogP contribution >= 0.6 is 0 Å². The smallest absolute Gasteiger partial charge is 0.139 e. The number of pyridine rings is 1. The molecule has 5 nitrogen and oxygen atoms in total. The summed E-state index contributed by atoms with van der Waals surface area (Å²) in [5, 5.41) is 7.57. The molecule has 0 amide bonds. The van der Waals surface area contributed by atoms with Crippen molar-refractivity contribution in [3.05, 3.63) is 23.9 Å². The maximum Gasteiger partial charge on any atom is 0.139 e. The third kappa shape index (κ3) is 3.42. The molecule has 0 aliphatic rings. The molecule has 17 heavy (non-hydrogen) atoms. The number of aromatic nitrogens is 1. The Kier molecular flexibility index (Phi) is 4.90. The third-order valence-corrected chi connectivity index (χ3v) is 2.51. The Morgan fingerprint density at radius 1 is 1.59 bits per heavy atom. The van der Waals surface area contributed by atoms with Gasteiger partial charge in [-0.15, -0.1) is 0 Å². The second kappa shape index (κ2) is 6.20. The number of nitrogens with two attached hydrogens (primary N) is 1. The Morgan fingerprint density at radius 3 is 2.82 bits per heavy atom. The van der Waals surface area contributed by atoms with Crippen LogP contribution in [0.15, 0.2) is 18.3 Å². The standard InChI is InChI=1S/C12H20N4O/c1-9(2)16(7-8-17-3)12-10(11(13)14)5-4-6-15-12/h4-6,9H,7-8H2,1-3H3,(H3,13,14). The first kappa shape index (κ1) is 13.4. The quantitative estimate of drug-likeness (QED) is 0.575. The van der Waals surface area contributed by atoms with Gasteiger partial charge in [0.25, 0.3) is 0 Å². The van der Waals surface area contributed by atoms with Gasteiger partial charge in [-0.05, 0) is 26.0 Å². The van der Waals surface area contributed by atoms with Gasteiger partial charge >= 0.3 is 0 Å². The molecule has 0 saturated heterocycles. The topological polar surface area (TPSA) is 75.2 Å². The highest BCUT2D eigenvalue weighted by molar-refractivity contribution is 5.99. The van der Waals surface area contributed by atoms with Crippen LogP contribution in [-0.4, -0.2) is 37.1 Å². The van der Waals surface area contributed by atoms with Gasteiger partial charge in [-0.25, -0.2) is 4.98 Å². The van der Waals surface area contributed by atoms with E-state index < -0.39 is 0 Å². The highest BCUT2D eigenvalue weighted by Crippen LogP contribution is 2.18. The fourth-order valence-electron chi connectivity index (χ4n) is 1.63. The predicted octanol–water partition coefficient (Wildman–Crippen LogP) is 1.23. The molecule has 0 radical (unpaired) electrons. The van der Waals surface area contributed by atoms with Crippen molar-refractivity contribution in [3.8, 4) is 0 Å². The summed E-state index contributed by atoms with van der Waals surface area (Å²) in [6.07, 6.45) is 1.71. The van der Waals surface area contributed by atoms with Gasteiger partial charge in [-0.3, -0.25) is 5.41 Å². The molecule has 1 rings (SSSR count). The van der Waals surface area contributed by atoms with Gasteiger partial charge in [0.2, 0.25) is 0 Å². The fraction of sp³-hybridized carbons (Fsp3) is 0.500. The summed E-state index contributed by atoms with van der Waals surface area (Å²) in [6, 6.07) is 3.88. The lowest BCUT2D eigenvalue weighted by Gasteiger charge is -2.29. The van der Waals surface area contributed by atoms with Gasteiger partial charge in [0.15, 0.2) is 0 Å². The SMILES string of the molecule is COCCN(c1ncccc1C(=N)N)C(C)C. The van der Waals surface area contributed by atoms with E-state index in [2.05, 4.69) is 23.7 Å². The van der Waals surface area contributed by atoms with Gasteiger partial charge in [-0.1, -0.05) is 0 Å². The van der Waals surface area contributed by atoms with E-state index in [1.54, 1.807) is 19.4 Å². The zero-order chi connectivity index (χ0) is 12.8. The second-order valence-corrected chi connectivity index (χ2v) is 4.07. The molecule has 0 bridgehead atoms. The highest BCUT2D eigenvalue weighted by atomic mass is 16.5. The maximum absolute atomic E-state index is 7.57. The molecule has 1 aromatic heterocycles. The molecular weight excluding hydrogens is 216 g/mol. The van der Waals surface area contributed by atoms with Crippen molar-refractivity contribution in [2.75, 3.05) is 25.2 Å². The summed E-state index contributed by atoms with van der Waals surface area (Å²) in [5.74, 6) is 0.781. The van der Waals surface area contributed by atoms with E-state index in [1.165, 1.54) is 0 Å². The molecule has 0 fully saturated rings. The third-order valence-electron chi connectivity index (χ3n) is 2.51. The van der Waals surface area contributed by atoms with Crippen molar-refractivity contribution < 1.29 is 4.74 Å². The molecule has 0 atom stereocenters. The van der Waals surface area contributed by atoms with E-state index in [9.17, 15) is 0 Å². The fourth-order valence-corrected chi connectivity index (χ4v) is 1.63. The van der Waals surface area contributed by atoms with Crippen LogP contribution in [0.5, 0.6) is 0 Å². The summed E-state index contributed by atoms with van der Waals surface area (Å²) >= 11 is 0. The van der Waals surface area contributed by atoms with E-state index in [1.807, 2.05) is 6.07 Å². The van der Waals surface area contributed by atoms with Crippen molar-refractivity contribution in [1.82, 2.24) is 4.98 Å². The minimum atomic E-state index is 0.0381. The average Bonchev–Trinajstić information content (AvgIpc) is 2.29. The van der Waals surface area contributed by atoms with Gasteiger partial charge in [0, 0.05) is 25.9 Å². The normalized spacial score (nSPS) is 10.6. The van der Waals surface area contributed by atoms with E-state index in [-0.39, 0.29) is 11.9 Å². The van der Waals surface area contributed by atoms with Crippen LogP contribution in [0.2, 0.25) is 0 Å². The Morgan fingerprint density at radius 2 is 2.29 bits per heavy atom. The molecule has 94 valence electrons. The van der Waals surface area contributed by atoms with Crippen molar-refractivity contribution in [2.24, 2.45) is 5.73 Å². The summed E-state index contributed by atoms with van der Waals surface area (Å²) in [6.45, 7) is 5.50. The summed E-state index contributed by atoms with van der Waals surface area (Å²) in [7, 11) is 1.67. The highest BCUT2D eigenvalue weighted by Gasteiger charge is 2.16. The van der Waals surface area contributed by atoms with Gasteiger partial charge in [-0.2, -0.15) is 0 Å². The number of methoxy groups -OCH3 is 1. The maximum atomic E-state index is 7.57. The largest absolute Gasteiger partial charge is 0.384 e. The number of hydrogen-bond acceptors (Lipinski definition) is 4. The first-order chi connectivity index (χ1) is 8.07. The molecule has 0 spiro atoms. The molecule has 0 aliphatic heterocycles.